The van der Waals surface area contributed by atoms with Crippen LogP contribution >= 0.6 is 0 Å². The Morgan fingerprint density at radius 3 is 2.09 bits per heavy atom. The average molecular weight is 469 g/mol. The number of aldehydes is 1. The molecule has 0 aromatic heterocycles. The zero-order valence-electron chi connectivity index (χ0n) is 19.8. The normalized spacial score (nSPS) is 11.4. The molecule has 178 valence electrons. The van der Waals surface area contributed by atoms with Crippen LogP contribution in [-0.2, 0) is 13.2 Å². The summed E-state index contributed by atoms with van der Waals surface area (Å²) in [5, 5.41) is 0. The van der Waals surface area contributed by atoms with E-state index < -0.39 is 0 Å². The van der Waals surface area contributed by atoms with E-state index in [0.29, 0.717) is 30.3 Å². The lowest BCUT2D eigenvalue weighted by atomic mass is 10.1. The number of hydrogen-bond acceptors (Lipinski definition) is 5. The molecule has 1 atom stereocenters. The maximum atomic E-state index is 11.1. The standard InChI is InChI=1S/C30H28O5/c1-22(27-10-6-7-11-28(27)33-20-23-8-4-3-5-9-23)35-26-15-12-24(13-16-26)21-34-30-18-25(19-31)14-17-29(30)32-2/h3-19,22H,20-21H2,1-2H3. The molecule has 0 heterocycles. The Morgan fingerprint density at radius 1 is 0.714 bits per heavy atom. The number of carbonyl (C=O) groups is 1. The number of hydrogen-bond donors (Lipinski definition) is 0. The fourth-order valence-electron chi connectivity index (χ4n) is 3.66. The van der Waals surface area contributed by atoms with E-state index in [2.05, 4.69) is 0 Å². The van der Waals surface area contributed by atoms with E-state index >= 15 is 0 Å². The highest BCUT2D eigenvalue weighted by Crippen LogP contribution is 2.31. The molecule has 35 heavy (non-hydrogen) atoms. The third-order valence-electron chi connectivity index (χ3n) is 5.55. The highest BCUT2D eigenvalue weighted by Gasteiger charge is 2.14. The summed E-state index contributed by atoms with van der Waals surface area (Å²) in [5.41, 5.74) is 3.60. The molecule has 0 fully saturated rings. The Balaban J connectivity index is 1.37. The predicted octanol–water partition coefficient (Wildman–Crippen LogP) is 6.81. The van der Waals surface area contributed by atoms with Gasteiger partial charge in [0.15, 0.2) is 11.5 Å². The van der Waals surface area contributed by atoms with Gasteiger partial charge >= 0.3 is 0 Å². The molecular weight excluding hydrogens is 440 g/mol. The summed E-state index contributed by atoms with van der Waals surface area (Å²) in [6.07, 6.45) is 0.587. The maximum Gasteiger partial charge on any atom is 0.162 e. The first kappa shape index (κ1) is 23.9. The van der Waals surface area contributed by atoms with E-state index in [4.69, 9.17) is 18.9 Å². The molecule has 0 amide bonds. The highest BCUT2D eigenvalue weighted by molar-refractivity contribution is 5.76. The molecule has 0 radical (unpaired) electrons. The Morgan fingerprint density at radius 2 is 1.37 bits per heavy atom. The number of benzene rings is 4. The monoisotopic (exact) mass is 468 g/mol. The lowest BCUT2D eigenvalue weighted by Crippen LogP contribution is -2.06. The van der Waals surface area contributed by atoms with Gasteiger partial charge in [0.25, 0.3) is 0 Å². The average Bonchev–Trinajstić information content (AvgIpc) is 2.92. The first-order chi connectivity index (χ1) is 17.2. The zero-order chi connectivity index (χ0) is 24.5. The Labute approximate surface area is 205 Å². The fraction of sp³-hybridized carbons (Fsp3) is 0.167. The number of ether oxygens (including phenoxy) is 4. The molecule has 5 nitrogen and oxygen atoms in total. The van der Waals surface area contributed by atoms with Crippen molar-refractivity contribution in [3.63, 3.8) is 0 Å². The largest absolute Gasteiger partial charge is 0.493 e. The molecule has 1 unspecified atom stereocenters. The van der Waals surface area contributed by atoms with Crippen LogP contribution in [0.25, 0.3) is 0 Å². The van der Waals surface area contributed by atoms with Gasteiger partial charge in [-0.3, -0.25) is 4.79 Å². The lowest BCUT2D eigenvalue weighted by molar-refractivity contribution is 0.112. The summed E-state index contributed by atoms with van der Waals surface area (Å²) in [7, 11) is 1.57. The van der Waals surface area contributed by atoms with E-state index in [1.165, 1.54) is 0 Å². The van der Waals surface area contributed by atoms with E-state index in [1.807, 2.05) is 85.8 Å². The van der Waals surface area contributed by atoms with Gasteiger partial charge in [0.05, 0.1) is 7.11 Å². The molecule has 0 aliphatic rings. The van der Waals surface area contributed by atoms with E-state index in [9.17, 15) is 4.79 Å². The third-order valence-corrected chi connectivity index (χ3v) is 5.55. The van der Waals surface area contributed by atoms with Gasteiger partial charge in [-0.25, -0.2) is 0 Å². The molecule has 0 saturated carbocycles. The second-order valence-electron chi connectivity index (χ2n) is 8.03. The van der Waals surface area contributed by atoms with Crippen molar-refractivity contribution in [1.82, 2.24) is 0 Å². The van der Waals surface area contributed by atoms with Crippen LogP contribution < -0.4 is 18.9 Å². The summed E-state index contributed by atoms with van der Waals surface area (Å²) in [6, 6.07) is 30.9. The SMILES string of the molecule is COc1ccc(C=O)cc1OCc1ccc(OC(C)c2ccccc2OCc2ccccc2)cc1. The summed E-state index contributed by atoms with van der Waals surface area (Å²) >= 11 is 0. The number of carbonyl (C=O) groups excluding carboxylic acids is 1. The van der Waals surface area contributed by atoms with E-state index in [0.717, 1.165) is 34.5 Å². The molecule has 0 spiro atoms. The van der Waals surface area contributed by atoms with Crippen LogP contribution in [0.4, 0.5) is 0 Å². The Bertz CT molecular complexity index is 1240. The van der Waals surface area contributed by atoms with Crippen LogP contribution in [0.5, 0.6) is 23.0 Å². The van der Waals surface area contributed by atoms with Crippen molar-refractivity contribution in [1.29, 1.82) is 0 Å². The predicted molar refractivity (Wildman–Crippen MR) is 135 cm³/mol. The number of methoxy groups -OCH3 is 1. The van der Waals surface area contributed by atoms with Gasteiger partial charge in [0, 0.05) is 11.1 Å². The smallest absolute Gasteiger partial charge is 0.162 e. The van der Waals surface area contributed by atoms with Crippen LogP contribution in [0.15, 0.2) is 97.1 Å². The summed E-state index contributed by atoms with van der Waals surface area (Å²) in [4.78, 5) is 11.1. The van der Waals surface area contributed by atoms with Gasteiger partial charge in [-0.2, -0.15) is 0 Å². The Hall–Kier alpha value is -4.25. The van der Waals surface area contributed by atoms with Gasteiger partial charge in [0.2, 0.25) is 0 Å². The first-order valence-corrected chi connectivity index (χ1v) is 11.4. The molecule has 0 saturated heterocycles. The van der Waals surface area contributed by atoms with Crippen molar-refractivity contribution in [2.45, 2.75) is 26.2 Å². The Kier molecular flexibility index (Phi) is 8.02. The van der Waals surface area contributed by atoms with Gasteiger partial charge in [-0.1, -0.05) is 60.7 Å². The molecule has 0 aliphatic heterocycles. The first-order valence-electron chi connectivity index (χ1n) is 11.4. The number of para-hydroxylation sites is 1. The van der Waals surface area contributed by atoms with Crippen molar-refractivity contribution in [3.8, 4) is 23.0 Å². The topological polar surface area (TPSA) is 54.0 Å². The van der Waals surface area contributed by atoms with Crippen molar-refractivity contribution in [2.75, 3.05) is 7.11 Å². The number of rotatable bonds is 11. The molecule has 5 heteroatoms. The van der Waals surface area contributed by atoms with Crippen LogP contribution in [-0.4, -0.2) is 13.4 Å². The summed E-state index contributed by atoms with van der Waals surface area (Å²) in [6.45, 7) is 2.85. The molecule has 0 N–H and O–H groups in total. The molecule has 0 aliphatic carbocycles. The van der Waals surface area contributed by atoms with Crippen molar-refractivity contribution < 1.29 is 23.7 Å². The van der Waals surface area contributed by atoms with Gasteiger partial charge in [-0.15, -0.1) is 0 Å². The van der Waals surface area contributed by atoms with Gasteiger partial charge in [0.1, 0.15) is 37.1 Å². The van der Waals surface area contributed by atoms with Crippen molar-refractivity contribution in [2.24, 2.45) is 0 Å². The second kappa shape index (κ2) is 11.7. The van der Waals surface area contributed by atoms with Crippen molar-refractivity contribution in [3.05, 3.63) is 119 Å². The molecule has 0 bridgehead atoms. The molecule has 4 rings (SSSR count). The minimum atomic E-state index is -0.195. The summed E-state index contributed by atoms with van der Waals surface area (Å²) in [5.74, 6) is 2.66. The van der Waals surface area contributed by atoms with Gasteiger partial charge < -0.3 is 18.9 Å². The minimum Gasteiger partial charge on any atom is -0.493 e. The fourth-order valence-corrected chi connectivity index (χ4v) is 3.66. The quantitative estimate of drug-likeness (QED) is 0.226. The highest BCUT2D eigenvalue weighted by atomic mass is 16.5. The second-order valence-corrected chi connectivity index (χ2v) is 8.03. The van der Waals surface area contributed by atoms with Crippen LogP contribution in [0, 0.1) is 0 Å². The minimum absolute atomic E-state index is 0.195. The van der Waals surface area contributed by atoms with E-state index in [1.54, 1.807) is 25.3 Å². The third kappa shape index (κ3) is 6.42. The van der Waals surface area contributed by atoms with Crippen molar-refractivity contribution >= 4 is 6.29 Å². The molecule has 4 aromatic rings. The van der Waals surface area contributed by atoms with Crippen LogP contribution in [0.1, 0.15) is 40.1 Å². The van der Waals surface area contributed by atoms with Crippen LogP contribution in [0.2, 0.25) is 0 Å². The zero-order valence-corrected chi connectivity index (χ0v) is 19.8. The van der Waals surface area contributed by atoms with Gasteiger partial charge in [-0.05, 0) is 54.4 Å². The van der Waals surface area contributed by atoms with E-state index in [-0.39, 0.29) is 6.10 Å². The molecule has 4 aromatic carbocycles. The maximum absolute atomic E-state index is 11.1. The molecular formula is C30H28O5. The summed E-state index contributed by atoms with van der Waals surface area (Å²) < 4.78 is 23.5. The van der Waals surface area contributed by atoms with Crippen LogP contribution in [0.3, 0.4) is 0 Å². The lowest BCUT2D eigenvalue weighted by Gasteiger charge is -2.19.